The molecular formula is C20H19N7O. The second-order valence-corrected chi connectivity index (χ2v) is 6.54. The molecule has 0 spiro atoms. The number of hydrogen-bond donors (Lipinski definition) is 1. The van der Waals surface area contributed by atoms with Gasteiger partial charge in [-0.3, -0.25) is 0 Å². The molecule has 8 nitrogen and oxygen atoms in total. The number of rotatable bonds is 6. The van der Waals surface area contributed by atoms with Crippen molar-refractivity contribution in [2.24, 2.45) is 0 Å². The molecule has 0 fully saturated rings. The van der Waals surface area contributed by atoms with Crippen LogP contribution < -0.4 is 0 Å². The number of nitrogens with one attached hydrogen (secondary N) is 1. The highest BCUT2D eigenvalue weighted by molar-refractivity contribution is 5.81. The molecule has 0 atom stereocenters. The smallest absolute Gasteiger partial charge is 0.185 e. The first-order valence-electron chi connectivity index (χ1n) is 9.13. The molecular weight excluding hydrogens is 354 g/mol. The predicted octanol–water partition coefficient (Wildman–Crippen LogP) is 3.17. The molecule has 28 heavy (non-hydrogen) atoms. The van der Waals surface area contributed by atoms with Gasteiger partial charge in [-0.2, -0.15) is 5.10 Å². The molecule has 140 valence electrons. The molecule has 5 aromatic rings. The number of fused-ring (bicyclic) bond motifs is 2. The number of aromatic nitrogens is 7. The number of pyridine rings is 1. The van der Waals surface area contributed by atoms with Gasteiger partial charge in [-0.15, -0.1) is 0 Å². The minimum Gasteiger partial charge on any atom is -0.385 e. The van der Waals surface area contributed by atoms with Crippen LogP contribution in [0.2, 0.25) is 0 Å². The summed E-state index contributed by atoms with van der Waals surface area (Å²) in [5.41, 5.74) is 4.63. The van der Waals surface area contributed by atoms with Crippen LogP contribution in [-0.4, -0.2) is 47.8 Å². The molecule has 0 saturated heterocycles. The summed E-state index contributed by atoms with van der Waals surface area (Å²) < 4.78 is 9.12. The van der Waals surface area contributed by atoms with Gasteiger partial charge in [0.1, 0.15) is 5.65 Å². The standard InChI is InChI=1S/C20H19N7O/c1-28-11-3-9-27-19(14-5-6-16-17(12-14)23-13-22-16)24-18(25-27)15-4-2-8-26-10-7-21-20(15)26/h2,4-8,10,12-13H,3,9,11H2,1H3,(H,22,23). The van der Waals surface area contributed by atoms with Crippen molar-refractivity contribution in [3.63, 3.8) is 0 Å². The van der Waals surface area contributed by atoms with Crippen molar-refractivity contribution in [3.05, 3.63) is 55.2 Å². The van der Waals surface area contributed by atoms with Gasteiger partial charge >= 0.3 is 0 Å². The summed E-state index contributed by atoms with van der Waals surface area (Å²) in [4.78, 5) is 16.8. The first kappa shape index (κ1) is 16.6. The van der Waals surface area contributed by atoms with Crippen LogP contribution in [0.25, 0.3) is 39.5 Å². The number of nitrogens with zero attached hydrogens (tertiary/aromatic N) is 6. The summed E-state index contributed by atoms with van der Waals surface area (Å²) in [6.45, 7) is 1.39. The maximum Gasteiger partial charge on any atom is 0.185 e. The van der Waals surface area contributed by atoms with E-state index in [-0.39, 0.29) is 0 Å². The lowest BCUT2D eigenvalue weighted by Crippen LogP contribution is -2.05. The molecule has 0 aliphatic rings. The summed E-state index contributed by atoms with van der Waals surface area (Å²) in [7, 11) is 1.71. The Morgan fingerprint density at radius 2 is 2.11 bits per heavy atom. The first-order valence-corrected chi connectivity index (χ1v) is 9.13. The summed E-state index contributed by atoms with van der Waals surface area (Å²) in [6, 6.07) is 10.0. The van der Waals surface area contributed by atoms with Gasteiger partial charge < -0.3 is 14.1 Å². The van der Waals surface area contributed by atoms with Gasteiger partial charge in [0.2, 0.25) is 0 Å². The Balaban J connectivity index is 1.63. The number of imidazole rings is 2. The fraction of sp³-hybridized carbons (Fsp3) is 0.200. The van der Waals surface area contributed by atoms with Crippen molar-refractivity contribution in [1.29, 1.82) is 0 Å². The molecule has 0 radical (unpaired) electrons. The third-order valence-corrected chi connectivity index (χ3v) is 4.73. The number of methoxy groups -OCH3 is 1. The Labute approximate surface area is 160 Å². The molecule has 8 heteroatoms. The molecule has 0 saturated carbocycles. The van der Waals surface area contributed by atoms with Gasteiger partial charge in [-0.25, -0.2) is 19.6 Å². The normalized spacial score (nSPS) is 11.6. The molecule has 1 N–H and O–H groups in total. The molecule has 0 amide bonds. The molecule has 1 aromatic carbocycles. The number of hydrogen-bond acceptors (Lipinski definition) is 5. The Bertz CT molecular complexity index is 1250. The van der Waals surface area contributed by atoms with Crippen molar-refractivity contribution >= 4 is 16.7 Å². The van der Waals surface area contributed by atoms with E-state index in [1.54, 1.807) is 19.6 Å². The van der Waals surface area contributed by atoms with E-state index in [2.05, 4.69) is 21.0 Å². The van der Waals surface area contributed by atoms with Gasteiger partial charge in [0.05, 0.1) is 22.9 Å². The Kier molecular flexibility index (Phi) is 4.10. The number of benzene rings is 1. The zero-order valence-electron chi connectivity index (χ0n) is 15.4. The van der Waals surface area contributed by atoms with E-state index in [9.17, 15) is 0 Å². The van der Waals surface area contributed by atoms with Crippen LogP contribution >= 0.6 is 0 Å². The average molecular weight is 373 g/mol. The molecule has 4 heterocycles. The quantitative estimate of drug-likeness (QED) is 0.462. The highest BCUT2D eigenvalue weighted by Gasteiger charge is 2.16. The number of H-pyrrole nitrogens is 1. The van der Waals surface area contributed by atoms with Gasteiger partial charge in [0.15, 0.2) is 11.6 Å². The Morgan fingerprint density at radius 3 is 3.04 bits per heavy atom. The minimum absolute atomic E-state index is 0.661. The summed E-state index contributed by atoms with van der Waals surface area (Å²) in [6.07, 6.45) is 8.21. The maximum atomic E-state index is 5.21. The van der Waals surface area contributed by atoms with Gasteiger partial charge in [0.25, 0.3) is 0 Å². The van der Waals surface area contributed by atoms with Gasteiger partial charge in [-0.05, 0) is 36.8 Å². The summed E-state index contributed by atoms with van der Waals surface area (Å²) >= 11 is 0. The van der Waals surface area contributed by atoms with E-state index in [4.69, 9.17) is 14.8 Å². The lowest BCUT2D eigenvalue weighted by Gasteiger charge is -2.05. The molecule has 0 aliphatic heterocycles. The molecule has 0 unspecified atom stereocenters. The van der Waals surface area contributed by atoms with E-state index in [1.807, 2.05) is 45.7 Å². The third-order valence-electron chi connectivity index (χ3n) is 4.73. The van der Waals surface area contributed by atoms with E-state index in [0.717, 1.165) is 46.6 Å². The van der Waals surface area contributed by atoms with Crippen LogP contribution in [0.1, 0.15) is 6.42 Å². The van der Waals surface area contributed by atoms with Crippen LogP contribution in [-0.2, 0) is 11.3 Å². The van der Waals surface area contributed by atoms with Crippen molar-refractivity contribution in [3.8, 4) is 22.8 Å². The van der Waals surface area contributed by atoms with E-state index < -0.39 is 0 Å². The number of aryl methyl sites for hydroxylation is 1. The van der Waals surface area contributed by atoms with Crippen LogP contribution in [0.5, 0.6) is 0 Å². The van der Waals surface area contributed by atoms with Crippen molar-refractivity contribution < 1.29 is 4.74 Å². The second kappa shape index (κ2) is 6.90. The van der Waals surface area contributed by atoms with Gasteiger partial charge in [0, 0.05) is 44.4 Å². The lowest BCUT2D eigenvalue weighted by molar-refractivity contribution is 0.189. The van der Waals surface area contributed by atoms with Crippen molar-refractivity contribution in [2.45, 2.75) is 13.0 Å². The fourth-order valence-electron chi connectivity index (χ4n) is 3.38. The van der Waals surface area contributed by atoms with Crippen LogP contribution in [0, 0.1) is 0 Å². The minimum atomic E-state index is 0.661. The van der Waals surface area contributed by atoms with E-state index >= 15 is 0 Å². The maximum absolute atomic E-state index is 5.21. The fourth-order valence-corrected chi connectivity index (χ4v) is 3.38. The van der Waals surface area contributed by atoms with Gasteiger partial charge in [-0.1, -0.05) is 0 Å². The molecule has 0 aliphatic carbocycles. The SMILES string of the molecule is COCCCn1nc(-c2cccn3ccnc23)nc1-c1ccc2nc[nH]c2c1. The average Bonchev–Trinajstić information content (AvgIpc) is 3.46. The highest BCUT2D eigenvalue weighted by Crippen LogP contribution is 2.26. The largest absolute Gasteiger partial charge is 0.385 e. The second-order valence-electron chi connectivity index (χ2n) is 6.54. The molecule has 4 aromatic heterocycles. The third kappa shape index (κ3) is 2.84. The van der Waals surface area contributed by atoms with E-state index in [0.29, 0.717) is 12.4 Å². The summed E-state index contributed by atoms with van der Waals surface area (Å²) in [5, 5.41) is 4.80. The van der Waals surface area contributed by atoms with Crippen LogP contribution in [0.4, 0.5) is 0 Å². The Hall–Kier alpha value is -3.52. The van der Waals surface area contributed by atoms with Crippen molar-refractivity contribution in [1.82, 2.24) is 34.1 Å². The molecule has 5 rings (SSSR count). The Morgan fingerprint density at radius 1 is 1.14 bits per heavy atom. The zero-order chi connectivity index (χ0) is 18.9. The lowest BCUT2D eigenvalue weighted by atomic mass is 10.2. The van der Waals surface area contributed by atoms with Crippen molar-refractivity contribution in [2.75, 3.05) is 13.7 Å². The first-order chi connectivity index (χ1) is 13.8. The summed E-state index contributed by atoms with van der Waals surface area (Å²) in [5.74, 6) is 1.48. The number of aromatic amines is 1. The van der Waals surface area contributed by atoms with Crippen LogP contribution in [0.3, 0.4) is 0 Å². The topological polar surface area (TPSA) is 85.9 Å². The monoisotopic (exact) mass is 373 g/mol. The molecule has 0 bridgehead atoms. The number of ether oxygens (including phenoxy) is 1. The predicted molar refractivity (Wildman–Crippen MR) is 106 cm³/mol. The highest BCUT2D eigenvalue weighted by atomic mass is 16.5. The van der Waals surface area contributed by atoms with Crippen LogP contribution in [0.15, 0.2) is 55.2 Å². The zero-order valence-corrected chi connectivity index (χ0v) is 15.4. The van der Waals surface area contributed by atoms with E-state index in [1.165, 1.54) is 0 Å².